The van der Waals surface area contributed by atoms with Crippen molar-refractivity contribution in [3.63, 3.8) is 0 Å². The molecule has 2 heterocycles. The molecule has 8 heteroatoms. The smallest absolute Gasteiger partial charge is 0.310 e. The van der Waals surface area contributed by atoms with Gasteiger partial charge in [0.05, 0.1) is 26.0 Å². The zero-order valence-electron chi connectivity index (χ0n) is 16.3. The number of hydrogen-bond donors (Lipinski definition) is 0. The lowest BCUT2D eigenvalue weighted by Gasteiger charge is -2.21. The van der Waals surface area contributed by atoms with Crippen LogP contribution >= 0.6 is 27.5 Å². The quantitative estimate of drug-likeness (QED) is 0.461. The molecule has 1 aliphatic rings. The molecule has 4 rings (SSSR count). The summed E-state index contributed by atoms with van der Waals surface area (Å²) in [6.45, 7) is 0. The van der Waals surface area contributed by atoms with Crippen molar-refractivity contribution in [2.24, 2.45) is 5.10 Å². The second-order valence-corrected chi connectivity index (χ2v) is 7.86. The Kier molecular flexibility index (Phi) is 5.83. The summed E-state index contributed by atoms with van der Waals surface area (Å²) in [5, 5.41) is 6.74. The second-order valence-electron chi connectivity index (χ2n) is 6.64. The van der Waals surface area contributed by atoms with Crippen LogP contribution in [-0.2, 0) is 0 Å². The molecule has 2 aromatic carbocycles. The van der Waals surface area contributed by atoms with E-state index in [1.165, 1.54) is 5.01 Å². The summed E-state index contributed by atoms with van der Waals surface area (Å²) >= 11 is 9.29. The van der Waals surface area contributed by atoms with E-state index >= 15 is 0 Å². The monoisotopic (exact) mass is 488 g/mol. The molecular weight excluding hydrogens is 472 g/mol. The first kappa shape index (κ1) is 20.5. The van der Waals surface area contributed by atoms with Crippen LogP contribution in [0.5, 0.6) is 11.5 Å². The number of amides is 1. The fraction of sp³-hybridized carbons (Fsp3) is 0.182. The van der Waals surface area contributed by atoms with Gasteiger partial charge in [0.15, 0.2) is 10.4 Å². The third-order valence-electron chi connectivity index (χ3n) is 4.88. The standard InChI is InChI=1S/C22H18BrClN2O4/c1-28-15-7-8-16(20(11-15)29-2)17-12-18(13-3-5-14(24)6-4-13)26(25-17)22(27)19-9-10-21(23)30-19/h3-11,18H,12H2,1-2H3/t18-/m1/s1. The number of furan rings is 1. The lowest BCUT2D eigenvalue weighted by molar-refractivity contribution is 0.0677. The maximum absolute atomic E-state index is 13.2. The van der Waals surface area contributed by atoms with E-state index in [-0.39, 0.29) is 17.7 Å². The van der Waals surface area contributed by atoms with Crippen molar-refractivity contribution in [3.8, 4) is 11.5 Å². The Morgan fingerprint density at radius 2 is 1.90 bits per heavy atom. The number of hydrogen-bond acceptors (Lipinski definition) is 5. The van der Waals surface area contributed by atoms with Crippen LogP contribution in [0.4, 0.5) is 0 Å². The Hall–Kier alpha value is -2.77. The number of carbonyl (C=O) groups is 1. The van der Waals surface area contributed by atoms with Gasteiger partial charge < -0.3 is 13.9 Å². The van der Waals surface area contributed by atoms with Gasteiger partial charge in [0.2, 0.25) is 0 Å². The third kappa shape index (κ3) is 3.95. The van der Waals surface area contributed by atoms with Crippen molar-refractivity contribution < 1.29 is 18.7 Å². The topological polar surface area (TPSA) is 64.3 Å². The van der Waals surface area contributed by atoms with Gasteiger partial charge in [0.1, 0.15) is 11.5 Å². The van der Waals surface area contributed by atoms with Gasteiger partial charge in [0, 0.05) is 23.1 Å². The van der Waals surface area contributed by atoms with Gasteiger partial charge in [-0.1, -0.05) is 23.7 Å². The van der Waals surface area contributed by atoms with Crippen molar-refractivity contribution in [2.75, 3.05) is 14.2 Å². The Balaban J connectivity index is 1.75. The Labute approximate surface area is 187 Å². The first-order valence-electron chi connectivity index (χ1n) is 9.14. The largest absolute Gasteiger partial charge is 0.497 e. The molecule has 3 aromatic rings. The SMILES string of the molecule is COc1ccc(C2=NN(C(=O)c3ccc(Br)o3)[C@@H](c3ccc(Cl)cc3)C2)c(OC)c1. The molecule has 0 spiro atoms. The Bertz CT molecular complexity index is 1110. The highest BCUT2D eigenvalue weighted by Gasteiger charge is 2.35. The lowest BCUT2D eigenvalue weighted by Crippen LogP contribution is -2.26. The van der Waals surface area contributed by atoms with Crippen molar-refractivity contribution in [1.82, 2.24) is 5.01 Å². The lowest BCUT2D eigenvalue weighted by atomic mass is 9.97. The van der Waals surface area contributed by atoms with Crippen LogP contribution in [0.15, 0.2) is 68.8 Å². The Morgan fingerprint density at radius 3 is 2.53 bits per heavy atom. The molecule has 30 heavy (non-hydrogen) atoms. The van der Waals surface area contributed by atoms with Gasteiger partial charge in [-0.2, -0.15) is 5.10 Å². The summed E-state index contributed by atoms with van der Waals surface area (Å²) in [4.78, 5) is 13.2. The normalized spacial score (nSPS) is 15.8. The minimum atomic E-state index is -0.330. The zero-order chi connectivity index (χ0) is 21.3. The van der Waals surface area contributed by atoms with E-state index in [1.54, 1.807) is 44.6 Å². The molecule has 1 atom stereocenters. The van der Waals surface area contributed by atoms with Crippen molar-refractivity contribution in [1.29, 1.82) is 0 Å². The average Bonchev–Trinajstić information content (AvgIpc) is 3.40. The van der Waals surface area contributed by atoms with Gasteiger partial charge in [-0.15, -0.1) is 0 Å². The predicted molar refractivity (Wildman–Crippen MR) is 117 cm³/mol. The first-order valence-corrected chi connectivity index (χ1v) is 10.3. The van der Waals surface area contributed by atoms with Crippen LogP contribution in [0.1, 0.15) is 34.1 Å². The number of ether oxygens (including phenoxy) is 2. The van der Waals surface area contributed by atoms with Crippen LogP contribution < -0.4 is 9.47 Å². The molecule has 0 aliphatic carbocycles. The first-order chi connectivity index (χ1) is 14.5. The van der Waals surface area contributed by atoms with Crippen molar-refractivity contribution >= 4 is 39.1 Å². The molecular formula is C22H18BrClN2O4. The Morgan fingerprint density at radius 1 is 1.13 bits per heavy atom. The molecule has 1 amide bonds. The highest BCUT2D eigenvalue weighted by molar-refractivity contribution is 9.10. The van der Waals surface area contributed by atoms with Crippen molar-refractivity contribution in [2.45, 2.75) is 12.5 Å². The van der Waals surface area contributed by atoms with Crippen LogP contribution in [0.2, 0.25) is 5.02 Å². The van der Waals surface area contributed by atoms with Gasteiger partial charge in [0.25, 0.3) is 0 Å². The summed E-state index contributed by atoms with van der Waals surface area (Å²) in [6.07, 6.45) is 0.512. The van der Waals surface area contributed by atoms with E-state index < -0.39 is 0 Å². The molecule has 0 bridgehead atoms. The van der Waals surface area contributed by atoms with E-state index in [2.05, 4.69) is 21.0 Å². The number of benzene rings is 2. The summed E-state index contributed by atoms with van der Waals surface area (Å²) < 4.78 is 16.8. The molecule has 0 radical (unpaired) electrons. The molecule has 0 saturated heterocycles. The maximum atomic E-state index is 13.2. The molecule has 6 nitrogen and oxygen atoms in total. The summed E-state index contributed by atoms with van der Waals surface area (Å²) in [5.41, 5.74) is 2.45. The summed E-state index contributed by atoms with van der Waals surface area (Å²) in [7, 11) is 3.19. The van der Waals surface area contributed by atoms with E-state index in [1.807, 2.05) is 24.3 Å². The fourth-order valence-electron chi connectivity index (χ4n) is 3.38. The second kappa shape index (κ2) is 8.53. The minimum absolute atomic E-state index is 0.201. The van der Waals surface area contributed by atoms with Gasteiger partial charge in [-0.3, -0.25) is 4.79 Å². The maximum Gasteiger partial charge on any atom is 0.310 e. The average molecular weight is 490 g/mol. The van der Waals surface area contributed by atoms with Crippen LogP contribution in [0, 0.1) is 0 Å². The third-order valence-corrected chi connectivity index (χ3v) is 5.55. The van der Waals surface area contributed by atoms with Crippen LogP contribution in [0.3, 0.4) is 0 Å². The van der Waals surface area contributed by atoms with E-state index in [4.69, 9.17) is 25.5 Å². The fourth-order valence-corrected chi connectivity index (χ4v) is 3.82. The highest BCUT2D eigenvalue weighted by Crippen LogP contribution is 2.37. The molecule has 1 aliphatic heterocycles. The molecule has 154 valence electrons. The van der Waals surface area contributed by atoms with Gasteiger partial charge in [-0.25, -0.2) is 5.01 Å². The number of halogens is 2. The molecule has 0 unspecified atom stereocenters. The number of methoxy groups -OCH3 is 2. The molecule has 0 N–H and O–H groups in total. The zero-order valence-corrected chi connectivity index (χ0v) is 18.6. The van der Waals surface area contributed by atoms with Crippen LogP contribution in [-0.4, -0.2) is 30.8 Å². The predicted octanol–water partition coefficient (Wildman–Crippen LogP) is 5.70. The van der Waals surface area contributed by atoms with E-state index in [9.17, 15) is 4.79 Å². The van der Waals surface area contributed by atoms with Gasteiger partial charge >= 0.3 is 5.91 Å². The number of hydrazone groups is 1. The molecule has 1 aromatic heterocycles. The summed E-state index contributed by atoms with van der Waals surface area (Å²) in [6, 6.07) is 15.9. The number of carbonyl (C=O) groups excluding carboxylic acids is 1. The van der Waals surface area contributed by atoms with Gasteiger partial charge in [-0.05, 0) is 57.9 Å². The minimum Gasteiger partial charge on any atom is -0.497 e. The molecule has 0 saturated carbocycles. The highest BCUT2D eigenvalue weighted by atomic mass is 79.9. The molecule has 0 fully saturated rings. The number of rotatable bonds is 5. The van der Waals surface area contributed by atoms with Crippen molar-refractivity contribution in [3.05, 3.63) is 81.2 Å². The number of nitrogens with zero attached hydrogens (tertiary/aromatic N) is 2. The van der Waals surface area contributed by atoms with E-state index in [0.29, 0.717) is 27.6 Å². The summed E-state index contributed by atoms with van der Waals surface area (Å²) in [5.74, 6) is 1.17. The van der Waals surface area contributed by atoms with E-state index in [0.717, 1.165) is 16.8 Å². The van der Waals surface area contributed by atoms with Crippen LogP contribution in [0.25, 0.3) is 0 Å².